The number of imidazole rings is 1. The van der Waals surface area contributed by atoms with E-state index in [0.717, 1.165) is 41.2 Å². The van der Waals surface area contributed by atoms with Crippen LogP contribution in [0.15, 0.2) is 42.5 Å². The summed E-state index contributed by atoms with van der Waals surface area (Å²) in [6, 6.07) is 18.3. The summed E-state index contributed by atoms with van der Waals surface area (Å²) in [7, 11) is 0. The van der Waals surface area contributed by atoms with Crippen molar-refractivity contribution in [1.29, 1.82) is 10.5 Å². The minimum absolute atomic E-state index is 0.347. The molecule has 1 unspecified atom stereocenters. The Morgan fingerprint density at radius 1 is 1.11 bits per heavy atom. The van der Waals surface area contributed by atoms with Gasteiger partial charge in [-0.25, -0.2) is 4.98 Å². The van der Waals surface area contributed by atoms with Crippen LogP contribution < -0.4 is 0 Å². The molecule has 2 N–H and O–H groups in total. The molecule has 2 fully saturated rings. The van der Waals surface area contributed by atoms with Crippen molar-refractivity contribution in [2.45, 2.75) is 44.2 Å². The number of ether oxygens (including phenoxy) is 1. The smallest absolute Gasteiger partial charge is 0.133 e. The lowest BCUT2D eigenvalue weighted by Gasteiger charge is -2.42. The van der Waals surface area contributed by atoms with Gasteiger partial charge in [-0.3, -0.25) is 4.90 Å². The Labute approximate surface area is 205 Å². The summed E-state index contributed by atoms with van der Waals surface area (Å²) >= 11 is 0. The molecule has 0 radical (unpaired) electrons. The summed E-state index contributed by atoms with van der Waals surface area (Å²) < 4.78 is 5.48. The average Bonchev–Trinajstić information content (AvgIpc) is 3.26. The van der Waals surface area contributed by atoms with Gasteiger partial charge in [0.15, 0.2) is 0 Å². The van der Waals surface area contributed by atoms with Crippen molar-refractivity contribution in [1.82, 2.24) is 14.9 Å². The van der Waals surface area contributed by atoms with Crippen molar-refractivity contribution in [3.63, 3.8) is 0 Å². The second-order valence-electron chi connectivity index (χ2n) is 9.70. The van der Waals surface area contributed by atoms with Gasteiger partial charge >= 0.3 is 0 Å². The predicted octanol–water partition coefficient (Wildman–Crippen LogP) is 4.23. The number of rotatable bonds is 5. The van der Waals surface area contributed by atoms with Crippen LogP contribution in [0.3, 0.4) is 0 Å². The molecule has 2 aliphatic heterocycles. The summed E-state index contributed by atoms with van der Waals surface area (Å²) in [5, 5.41) is 30.0. The Balaban J connectivity index is 1.36. The van der Waals surface area contributed by atoms with E-state index in [2.05, 4.69) is 17.1 Å². The van der Waals surface area contributed by atoms with E-state index in [4.69, 9.17) is 15.0 Å². The van der Waals surface area contributed by atoms with E-state index in [-0.39, 0.29) is 0 Å². The molecule has 0 amide bonds. The first-order valence-electron chi connectivity index (χ1n) is 12.0. The van der Waals surface area contributed by atoms with E-state index in [1.54, 1.807) is 0 Å². The summed E-state index contributed by atoms with van der Waals surface area (Å²) in [6.45, 7) is 6.66. The van der Waals surface area contributed by atoms with Gasteiger partial charge in [-0.1, -0.05) is 24.3 Å². The van der Waals surface area contributed by atoms with Crippen molar-refractivity contribution in [3.05, 3.63) is 76.2 Å². The molecule has 35 heavy (non-hydrogen) atoms. The number of hydrogen-bond acceptors (Lipinski definition) is 6. The molecular formula is C28H29N5O2. The SMILES string of the molecule is Cc1ccc(C(O)N2CC(c3ccc(C#N)cc3)C2)cc1-c1nc(C2(C#N)CCOCC2)[nH]c1C. The highest BCUT2D eigenvalue weighted by molar-refractivity contribution is 5.67. The monoisotopic (exact) mass is 467 g/mol. The van der Waals surface area contributed by atoms with Gasteiger partial charge in [0.2, 0.25) is 0 Å². The molecule has 2 aliphatic rings. The molecular weight excluding hydrogens is 438 g/mol. The van der Waals surface area contributed by atoms with Crippen LogP contribution in [0.2, 0.25) is 0 Å². The number of aromatic amines is 1. The number of aliphatic hydroxyl groups excluding tert-OH is 1. The first kappa shape index (κ1) is 23.3. The normalized spacial score (nSPS) is 18.9. The summed E-state index contributed by atoms with van der Waals surface area (Å²) in [4.78, 5) is 10.3. The van der Waals surface area contributed by atoms with Gasteiger partial charge in [-0.05, 0) is 61.6 Å². The Morgan fingerprint density at radius 3 is 2.49 bits per heavy atom. The number of benzene rings is 2. The van der Waals surface area contributed by atoms with E-state index >= 15 is 0 Å². The molecule has 0 saturated carbocycles. The van der Waals surface area contributed by atoms with Crippen LogP contribution in [-0.4, -0.2) is 46.3 Å². The van der Waals surface area contributed by atoms with E-state index < -0.39 is 11.6 Å². The summed E-state index contributed by atoms with van der Waals surface area (Å²) in [5.74, 6) is 1.05. The zero-order valence-corrected chi connectivity index (χ0v) is 20.1. The number of nitrogens with one attached hydrogen (secondary N) is 1. The van der Waals surface area contributed by atoms with Crippen LogP contribution in [0.5, 0.6) is 0 Å². The van der Waals surface area contributed by atoms with Crippen molar-refractivity contribution in [3.8, 4) is 23.4 Å². The van der Waals surface area contributed by atoms with Gasteiger partial charge in [0.1, 0.15) is 17.5 Å². The topological polar surface area (TPSA) is 109 Å². The lowest BCUT2D eigenvalue weighted by molar-refractivity contribution is -0.0483. The maximum absolute atomic E-state index is 11.1. The summed E-state index contributed by atoms with van der Waals surface area (Å²) in [5.41, 5.74) is 5.80. The molecule has 3 heterocycles. The first-order chi connectivity index (χ1) is 16.9. The standard InChI is InChI=1S/C28H29N5O2/c1-18-3-6-22(26(34)33-15-23(16-33)21-7-4-20(14-29)5-8-21)13-24(18)25-19(2)31-27(32-25)28(17-30)9-11-35-12-10-28/h3-8,13,23,26,34H,9-12,15-16H2,1-2H3,(H,31,32). The second kappa shape index (κ2) is 9.28. The maximum atomic E-state index is 11.1. The van der Waals surface area contributed by atoms with Crippen LogP contribution in [0.25, 0.3) is 11.3 Å². The van der Waals surface area contributed by atoms with Crippen molar-refractivity contribution in [2.75, 3.05) is 26.3 Å². The summed E-state index contributed by atoms with van der Waals surface area (Å²) in [6.07, 6.45) is 0.551. The average molecular weight is 468 g/mol. The fraction of sp³-hybridized carbons (Fsp3) is 0.393. The van der Waals surface area contributed by atoms with Gasteiger partial charge in [0.25, 0.3) is 0 Å². The zero-order valence-electron chi connectivity index (χ0n) is 20.1. The van der Waals surface area contributed by atoms with Crippen molar-refractivity contribution >= 4 is 0 Å². The second-order valence-corrected chi connectivity index (χ2v) is 9.70. The van der Waals surface area contributed by atoms with E-state index in [1.165, 1.54) is 5.56 Å². The lowest BCUT2D eigenvalue weighted by Crippen LogP contribution is -2.46. The molecule has 3 aromatic rings. The Bertz CT molecular complexity index is 1300. The molecule has 2 saturated heterocycles. The van der Waals surface area contributed by atoms with Gasteiger partial charge in [0.05, 0.1) is 23.4 Å². The highest BCUT2D eigenvalue weighted by Crippen LogP contribution is 2.38. The van der Waals surface area contributed by atoms with Crippen molar-refractivity contribution in [2.24, 2.45) is 0 Å². The number of aliphatic hydroxyl groups is 1. The van der Waals surface area contributed by atoms with E-state index in [1.807, 2.05) is 61.2 Å². The number of nitriles is 2. The molecule has 0 bridgehead atoms. The lowest BCUT2D eigenvalue weighted by atomic mass is 9.81. The first-order valence-corrected chi connectivity index (χ1v) is 12.0. The van der Waals surface area contributed by atoms with Crippen LogP contribution in [0.4, 0.5) is 0 Å². The molecule has 178 valence electrons. The van der Waals surface area contributed by atoms with E-state index in [9.17, 15) is 10.4 Å². The fourth-order valence-electron chi connectivity index (χ4n) is 5.09. The number of aromatic nitrogens is 2. The van der Waals surface area contributed by atoms with E-state index in [0.29, 0.717) is 43.4 Å². The minimum Gasteiger partial charge on any atom is -0.381 e. The zero-order chi connectivity index (χ0) is 24.6. The Morgan fingerprint density at radius 2 is 1.83 bits per heavy atom. The molecule has 1 atom stereocenters. The van der Waals surface area contributed by atoms with Crippen LogP contribution in [-0.2, 0) is 10.2 Å². The quantitative estimate of drug-likeness (QED) is 0.581. The molecule has 7 nitrogen and oxygen atoms in total. The third kappa shape index (κ3) is 4.24. The number of aryl methyl sites for hydroxylation is 2. The molecule has 7 heteroatoms. The van der Waals surface area contributed by atoms with Gasteiger partial charge in [-0.2, -0.15) is 10.5 Å². The number of likely N-dealkylation sites (tertiary alicyclic amines) is 1. The van der Waals surface area contributed by atoms with Crippen LogP contribution in [0.1, 0.15) is 58.8 Å². The molecule has 0 spiro atoms. The Hall–Kier alpha value is -3.49. The van der Waals surface area contributed by atoms with Crippen LogP contribution >= 0.6 is 0 Å². The maximum Gasteiger partial charge on any atom is 0.133 e. The largest absolute Gasteiger partial charge is 0.381 e. The molecule has 1 aromatic heterocycles. The minimum atomic E-state index is -0.705. The fourth-order valence-corrected chi connectivity index (χ4v) is 5.09. The van der Waals surface area contributed by atoms with Gasteiger partial charge in [-0.15, -0.1) is 0 Å². The number of nitrogens with zero attached hydrogens (tertiary/aromatic N) is 4. The van der Waals surface area contributed by atoms with Gasteiger partial charge < -0.3 is 14.8 Å². The molecule has 2 aromatic carbocycles. The predicted molar refractivity (Wildman–Crippen MR) is 131 cm³/mol. The molecule has 5 rings (SSSR count). The Kier molecular flexibility index (Phi) is 6.17. The number of hydrogen-bond donors (Lipinski definition) is 2. The van der Waals surface area contributed by atoms with Crippen molar-refractivity contribution < 1.29 is 9.84 Å². The highest BCUT2D eigenvalue weighted by Gasteiger charge is 2.38. The van der Waals surface area contributed by atoms with Gasteiger partial charge in [0, 0.05) is 43.5 Å². The van der Waals surface area contributed by atoms with Crippen LogP contribution in [0, 0.1) is 36.5 Å². The third-order valence-electron chi connectivity index (χ3n) is 7.48. The number of H-pyrrole nitrogens is 1. The molecule has 0 aliphatic carbocycles. The third-order valence-corrected chi connectivity index (χ3v) is 7.48. The highest BCUT2D eigenvalue weighted by atomic mass is 16.5.